The summed E-state index contributed by atoms with van der Waals surface area (Å²) in [6, 6.07) is 4.74. The third-order valence-electron chi connectivity index (χ3n) is 1.37. The average Bonchev–Trinajstić information content (AvgIpc) is 1.98. The smallest absolute Gasteiger partial charge is 0.387 e. The number of alkyl halides is 2. The molecule has 0 radical (unpaired) electrons. The van der Waals surface area contributed by atoms with Crippen molar-refractivity contribution in [2.24, 2.45) is 0 Å². The van der Waals surface area contributed by atoms with Crippen molar-refractivity contribution in [2.45, 2.75) is 13.5 Å². The number of hydrogen-bond acceptors (Lipinski definition) is 1. The van der Waals surface area contributed by atoms with E-state index in [0.29, 0.717) is 0 Å². The molecule has 0 aromatic heterocycles. The maximum atomic E-state index is 11.8. The van der Waals surface area contributed by atoms with Crippen LogP contribution in [0.1, 0.15) is 5.56 Å². The molecule has 0 aliphatic rings. The second-order valence-electron chi connectivity index (χ2n) is 2.27. The first-order valence-electron chi connectivity index (χ1n) is 3.31. The standard InChI is InChI=1S/C8H7ClF2O/c1-5-3-2-4-6(7(5)9)12-8(10)11/h2-4,8H,1H3. The van der Waals surface area contributed by atoms with Gasteiger partial charge in [-0.2, -0.15) is 8.78 Å². The molecular weight excluding hydrogens is 186 g/mol. The molecule has 0 aliphatic carbocycles. The zero-order valence-electron chi connectivity index (χ0n) is 6.35. The van der Waals surface area contributed by atoms with Crippen LogP contribution < -0.4 is 4.74 Å². The second kappa shape index (κ2) is 3.72. The minimum atomic E-state index is -2.83. The van der Waals surface area contributed by atoms with E-state index >= 15 is 0 Å². The lowest BCUT2D eigenvalue weighted by Crippen LogP contribution is -2.02. The summed E-state index contributed by atoms with van der Waals surface area (Å²) in [7, 11) is 0. The monoisotopic (exact) mass is 192 g/mol. The largest absolute Gasteiger partial charge is 0.433 e. The van der Waals surface area contributed by atoms with Crippen LogP contribution in [0.4, 0.5) is 8.78 Å². The molecule has 1 rings (SSSR count). The number of benzene rings is 1. The molecule has 0 heterocycles. The molecule has 0 saturated carbocycles. The van der Waals surface area contributed by atoms with Crippen molar-refractivity contribution in [1.82, 2.24) is 0 Å². The van der Waals surface area contributed by atoms with Gasteiger partial charge in [-0.25, -0.2) is 0 Å². The topological polar surface area (TPSA) is 9.23 Å². The third kappa shape index (κ3) is 2.08. The minimum Gasteiger partial charge on any atom is -0.433 e. The lowest BCUT2D eigenvalue weighted by molar-refractivity contribution is -0.0498. The maximum Gasteiger partial charge on any atom is 0.387 e. The highest BCUT2D eigenvalue weighted by atomic mass is 35.5. The summed E-state index contributed by atoms with van der Waals surface area (Å²) in [6.45, 7) is -1.11. The quantitative estimate of drug-likeness (QED) is 0.699. The molecule has 0 aliphatic heterocycles. The van der Waals surface area contributed by atoms with Crippen molar-refractivity contribution in [1.29, 1.82) is 0 Å². The first-order chi connectivity index (χ1) is 5.61. The Morgan fingerprint density at radius 1 is 1.42 bits per heavy atom. The molecule has 0 atom stereocenters. The van der Waals surface area contributed by atoms with Gasteiger partial charge < -0.3 is 4.74 Å². The van der Waals surface area contributed by atoms with Crippen LogP contribution in [0.15, 0.2) is 18.2 Å². The minimum absolute atomic E-state index is 0.0201. The number of rotatable bonds is 2. The van der Waals surface area contributed by atoms with Crippen LogP contribution in [0.2, 0.25) is 5.02 Å². The van der Waals surface area contributed by atoms with Gasteiger partial charge >= 0.3 is 6.61 Å². The van der Waals surface area contributed by atoms with Gasteiger partial charge in [0, 0.05) is 0 Å². The molecule has 0 saturated heterocycles. The molecule has 0 bridgehead atoms. The number of aryl methyl sites for hydroxylation is 1. The molecule has 0 N–H and O–H groups in total. The third-order valence-corrected chi connectivity index (χ3v) is 1.86. The van der Waals surface area contributed by atoms with Gasteiger partial charge in [0.2, 0.25) is 0 Å². The van der Waals surface area contributed by atoms with E-state index in [1.165, 1.54) is 6.07 Å². The van der Waals surface area contributed by atoms with Gasteiger partial charge in [0.05, 0.1) is 5.02 Å². The van der Waals surface area contributed by atoms with Gasteiger partial charge in [0.1, 0.15) is 5.75 Å². The maximum absolute atomic E-state index is 11.8. The van der Waals surface area contributed by atoms with E-state index in [-0.39, 0.29) is 10.8 Å². The average molecular weight is 193 g/mol. The Kier molecular flexibility index (Phi) is 2.87. The van der Waals surface area contributed by atoms with E-state index in [0.717, 1.165) is 5.56 Å². The molecule has 4 heteroatoms. The van der Waals surface area contributed by atoms with Crippen molar-refractivity contribution >= 4 is 11.6 Å². The Balaban J connectivity index is 2.92. The molecule has 1 aromatic rings. The summed E-state index contributed by atoms with van der Waals surface area (Å²) in [5.41, 5.74) is 0.717. The summed E-state index contributed by atoms with van der Waals surface area (Å²) >= 11 is 5.68. The first-order valence-corrected chi connectivity index (χ1v) is 3.69. The summed E-state index contributed by atoms with van der Waals surface area (Å²) in [4.78, 5) is 0. The van der Waals surface area contributed by atoms with Crippen molar-refractivity contribution in [2.75, 3.05) is 0 Å². The SMILES string of the molecule is Cc1cccc(OC(F)F)c1Cl. The van der Waals surface area contributed by atoms with E-state index in [1.54, 1.807) is 19.1 Å². The van der Waals surface area contributed by atoms with E-state index in [1.807, 2.05) is 0 Å². The zero-order chi connectivity index (χ0) is 9.14. The van der Waals surface area contributed by atoms with Gasteiger partial charge in [-0.05, 0) is 18.6 Å². The fourth-order valence-corrected chi connectivity index (χ4v) is 0.978. The summed E-state index contributed by atoms with van der Waals surface area (Å²) in [6.07, 6.45) is 0. The predicted octanol–water partition coefficient (Wildman–Crippen LogP) is 3.25. The van der Waals surface area contributed by atoms with Crippen molar-refractivity contribution in [3.8, 4) is 5.75 Å². The molecule has 1 nitrogen and oxygen atoms in total. The van der Waals surface area contributed by atoms with Crippen molar-refractivity contribution < 1.29 is 13.5 Å². The highest BCUT2D eigenvalue weighted by Crippen LogP contribution is 2.28. The summed E-state index contributed by atoms with van der Waals surface area (Å²) in [5.74, 6) is 0.0201. The molecule has 0 amide bonds. The van der Waals surface area contributed by atoms with Gasteiger partial charge in [-0.3, -0.25) is 0 Å². The van der Waals surface area contributed by atoms with E-state index in [2.05, 4.69) is 4.74 Å². The van der Waals surface area contributed by atoms with Crippen LogP contribution in [-0.2, 0) is 0 Å². The zero-order valence-corrected chi connectivity index (χ0v) is 7.11. The Hall–Kier alpha value is -0.830. The molecule has 0 spiro atoms. The van der Waals surface area contributed by atoms with Gasteiger partial charge in [-0.1, -0.05) is 23.7 Å². The molecule has 0 unspecified atom stereocenters. The van der Waals surface area contributed by atoms with Gasteiger partial charge in [0.25, 0.3) is 0 Å². The molecule has 66 valence electrons. The van der Waals surface area contributed by atoms with E-state index < -0.39 is 6.61 Å². The van der Waals surface area contributed by atoms with Gasteiger partial charge in [-0.15, -0.1) is 0 Å². The van der Waals surface area contributed by atoms with Crippen LogP contribution in [0, 0.1) is 6.92 Å². The normalized spacial score (nSPS) is 10.4. The van der Waals surface area contributed by atoms with Crippen molar-refractivity contribution in [3.05, 3.63) is 28.8 Å². The number of ether oxygens (including phenoxy) is 1. The van der Waals surface area contributed by atoms with Crippen LogP contribution in [-0.4, -0.2) is 6.61 Å². The Bertz CT molecular complexity index is 276. The fraction of sp³-hybridized carbons (Fsp3) is 0.250. The highest BCUT2D eigenvalue weighted by molar-refractivity contribution is 6.32. The van der Waals surface area contributed by atoms with E-state index in [4.69, 9.17) is 11.6 Å². The predicted molar refractivity (Wildman–Crippen MR) is 42.8 cm³/mol. The lowest BCUT2D eigenvalue weighted by atomic mass is 10.2. The summed E-state index contributed by atoms with van der Waals surface area (Å²) in [5, 5.41) is 0.234. The number of halogens is 3. The highest BCUT2D eigenvalue weighted by Gasteiger charge is 2.08. The Morgan fingerprint density at radius 3 is 2.67 bits per heavy atom. The summed E-state index contributed by atoms with van der Waals surface area (Å²) < 4.78 is 27.7. The lowest BCUT2D eigenvalue weighted by Gasteiger charge is -2.07. The number of hydrogen-bond donors (Lipinski definition) is 0. The van der Waals surface area contributed by atoms with Gasteiger partial charge in [0.15, 0.2) is 0 Å². The molecule has 1 aromatic carbocycles. The molecule has 12 heavy (non-hydrogen) atoms. The van der Waals surface area contributed by atoms with Crippen molar-refractivity contribution in [3.63, 3.8) is 0 Å². The Morgan fingerprint density at radius 2 is 2.08 bits per heavy atom. The van der Waals surface area contributed by atoms with Crippen LogP contribution >= 0.6 is 11.6 Å². The van der Waals surface area contributed by atoms with Crippen LogP contribution in [0.5, 0.6) is 5.75 Å². The van der Waals surface area contributed by atoms with Crippen LogP contribution in [0.3, 0.4) is 0 Å². The molecule has 0 fully saturated rings. The fourth-order valence-electron chi connectivity index (χ4n) is 0.807. The Labute approximate surface area is 73.9 Å². The van der Waals surface area contributed by atoms with Crippen LogP contribution in [0.25, 0.3) is 0 Å². The van der Waals surface area contributed by atoms with E-state index in [9.17, 15) is 8.78 Å². The molecular formula is C8H7ClF2O. The first kappa shape index (κ1) is 9.26. The second-order valence-corrected chi connectivity index (χ2v) is 2.64.